The van der Waals surface area contributed by atoms with Gasteiger partial charge in [-0.15, -0.1) is 0 Å². The number of hydrogen-bond acceptors (Lipinski definition) is 4. The number of anilines is 1. The van der Waals surface area contributed by atoms with Crippen molar-refractivity contribution in [3.8, 4) is 5.75 Å². The number of aliphatic hydroxyl groups is 1. The molecule has 2 heterocycles. The van der Waals surface area contributed by atoms with E-state index in [4.69, 9.17) is 9.47 Å². The highest BCUT2D eigenvalue weighted by atomic mass is 16.5. The lowest BCUT2D eigenvalue weighted by atomic mass is 9.79. The Balaban J connectivity index is 2.01. The Hall–Kier alpha value is -1.59. The fourth-order valence-corrected chi connectivity index (χ4v) is 2.55. The van der Waals surface area contributed by atoms with Crippen LogP contribution in [0.15, 0.2) is 18.2 Å². The van der Waals surface area contributed by atoms with Gasteiger partial charge in [0.15, 0.2) is 6.10 Å². The highest BCUT2D eigenvalue weighted by molar-refractivity contribution is 5.99. The molecule has 0 radical (unpaired) electrons. The van der Waals surface area contributed by atoms with Gasteiger partial charge in [-0.25, -0.2) is 0 Å². The summed E-state index contributed by atoms with van der Waals surface area (Å²) in [6, 6.07) is 5.71. The molecule has 1 aromatic carbocycles. The van der Waals surface area contributed by atoms with E-state index in [9.17, 15) is 9.90 Å². The van der Waals surface area contributed by atoms with Crippen LogP contribution >= 0.6 is 0 Å². The first kappa shape index (κ1) is 12.4. The molecule has 19 heavy (non-hydrogen) atoms. The molecule has 1 saturated heterocycles. The van der Waals surface area contributed by atoms with Gasteiger partial charge >= 0.3 is 0 Å². The van der Waals surface area contributed by atoms with Crippen LogP contribution in [0.2, 0.25) is 0 Å². The van der Waals surface area contributed by atoms with Crippen molar-refractivity contribution in [3.05, 3.63) is 23.8 Å². The Kier molecular flexibility index (Phi) is 2.76. The molecule has 1 N–H and O–H groups in total. The Bertz CT molecular complexity index is 519. The van der Waals surface area contributed by atoms with Gasteiger partial charge in [-0.3, -0.25) is 4.79 Å². The van der Waals surface area contributed by atoms with E-state index >= 15 is 0 Å². The van der Waals surface area contributed by atoms with Crippen molar-refractivity contribution in [2.45, 2.75) is 18.4 Å². The lowest BCUT2D eigenvalue weighted by Crippen LogP contribution is -2.50. The second-order valence-electron chi connectivity index (χ2n) is 5.27. The van der Waals surface area contributed by atoms with E-state index in [-0.39, 0.29) is 17.9 Å². The molecule has 1 amide bonds. The molecule has 2 aliphatic rings. The molecule has 1 atom stereocenters. The summed E-state index contributed by atoms with van der Waals surface area (Å²) in [5.41, 5.74) is 1.44. The van der Waals surface area contributed by atoms with Crippen molar-refractivity contribution in [1.29, 1.82) is 0 Å². The van der Waals surface area contributed by atoms with Gasteiger partial charge < -0.3 is 19.5 Å². The van der Waals surface area contributed by atoms with Crippen LogP contribution in [0.4, 0.5) is 5.69 Å². The highest BCUT2D eigenvalue weighted by Gasteiger charge is 2.41. The number of fused-ring (bicyclic) bond motifs is 1. The van der Waals surface area contributed by atoms with Gasteiger partial charge in [0, 0.05) is 7.05 Å². The van der Waals surface area contributed by atoms with Crippen molar-refractivity contribution in [2.24, 2.45) is 0 Å². The summed E-state index contributed by atoms with van der Waals surface area (Å²) < 4.78 is 10.9. The van der Waals surface area contributed by atoms with E-state index < -0.39 is 6.10 Å². The Labute approximate surface area is 111 Å². The second kappa shape index (κ2) is 4.21. The molecule has 0 spiro atoms. The molecule has 1 aromatic rings. The van der Waals surface area contributed by atoms with Gasteiger partial charge in [-0.2, -0.15) is 0 Å². The van der Waals surface area contributed by atoms with Crippen molar-refractivity contribution in [2.75, 3.05) is 31.8 Å². The standard InChI is InChI=1S/C14H17NO4/c1-9-13(17)15(2)11-4-3-10(5-12(11)19-9)14(6-16)7-18-8-14/h3-5,9,16H,6-8H2,1-2H3. The zero-order valence-corrected chi connectivity index (χ0v) is 11.0. The summed E-state index contributed by atoms with van der Waals surface area (Å²) in [5.74, 6) is 0.635. The summed E-state index contributed by atoms with van der Waals surface area (Å²) in [4.78, 5) is 13.4. The summed E-state index contributed by atoms with van der Waals surface area (Å²) in [5, 5.41) is 9.55. The average Bonchev–Trinajstić information content (AvgIpc) is 2.35. The first-order chi connectivity index (χ1) is 9.07. The van der Waals surface area contributed by atoms with E-state index in [2.05, 4.69) is 0 Å². The van der Waals surface area contributed by atoms with Gasteiger partial charge in [0.05, 0.1) is 30.9 Å². The number of carbonyl (C=O) groups excluding carboxylic acids is 1. The molecule has 0 aliphatic carbocycles. The topological polar surface area (TPSA) is 59.0 Å². The second-order valence-corrected chi connectivity index (χ2v) is 5.27. The largest absolute Gasteiger partial charge is 0.479 e. The summed E-state index contributed by atoms with van der Waals surface area (Å²) in [6.45, 7) is 2.83. The van der Waals surface area contributed by atoms with E-state index in [1.165, 1.54) is 0 Å². The molecule has 1 fully saturated rings. The van der Waals surface area contributed by atoms with Crippen molar-refractivity contribution in [3.63, 3.8) is 0 Å². The molecule has 3 rings (SSSR count). The first-order valence-electron chi connectivity index (χ1n) is 6.35. The van der Waals surface area contributed by atoms with Crippen LogP contribution in [0.25, 0.3) is 0 Å². The number of likely N-dealkylation sites (N-methyl/N-ethyl adjacent to an activating group) is 1. The number of benzene rings is 1. The maximum atomic E-state index is 11.8. The fourth-order valence-electron chi connectivity index (χ4n) is 2.55. The highest BCUT2D eigenvalue weighted by Crippen LogP contribution is 2.39. The number of amides is 1. The fraction of sp³-hybridized carbons (Fsp3) is 0.500. The van der Waals surface area contributed by atoms with Crippen molar-refractivity contribution in [1.82, 2.24) is 0 Å². The van der Waals surface area contributed by atoms with E-state index in [0.717, 1.165) is 11.3 Å². The smallest absolute Gasteiger partial charge is 0.267 e. The molecule has 0 saturated carbocycles. The molecule has 102 valence electrons. The number of ether oxygens (including phenoxy) is 2. The quantitative estimate of drug-likeness (QED) is 0.853. The average molecular weight is 263 g/mol. The Morgan fingerprint density at radius 3 is 2.79 bits per heavy atom. The summed E-state index contributed by atoms with van der Waals surface area (Å²) >= 11 is 0. The normalized spacial score (nSPS) is 24.5. The third-order valence-electron chi connectivity index (χ3n) is 3.98. The molecular formula is C14H17NO4. The van der Waals surface area contributed by atoms with Crippen LogP contribution < -0.4 is 9.64 Å². The van der Waals surface area contributed by atoms with Crippen LogP contribution in [0.1, 0.15) is 12.5 Å². The van der Waals surface area contributed by atoms with Crippen LogP contribution in [0.3, 0.4) is 0 Å². The predicted molar refractivity (Wildman–Crippen MR) is 69.5 cm³/mol. The van der Waals surface area contributed by atoms with Crippen LogP contribution in [0.5, 0.6) is 5.75 Å². The zero-order chi connectivity index (χ0) is 13.6. The minimum Gasteiger partial charge on any atom is -0.479 e. The molecule has 5 nitrogen and oxygen atoms in total. The number of hydrogen-bond donors (Lipinski definition) is 1. The number of rotatable bonds is 2. The first-order valence-corrected chi connectivity index (χ1v) is 6.35. The molecule has 0 aromatic heterocycles. The van der Waals surface area contributed by atoms with Crippen LogP contribution in [0, 0.1) is 0 Å². The Morgan fingerprint density at radius 2 is 2.21 bits per heavy atom. The predicted octanol–water partition coefficient (Wildman–Crippen LogP) is 0.691. The number of carbonyl (C=O) groups is 1. The maximum Gasteiger partial charge on any atom is 0.267 e. The van der Waals surface area contributed by atoms with E-state index in [1.54, 1.807) is 18.9 Å². The van der Waals surface area contributed by atoms with E-state index in [1.807, 2.05) is 18.2 Å². The van der Waals surface area contributed by atoms with Gasteiger partial charge in [0.25, 0.3) is 5.91 Å². The SMILES string of the molecule is CC1Oc2cc(C3(CO)COC3)ccc2N(C)C1=O. The van der Waals surface area contributed by atoms with Crippen molar-refractivity contribution < 1.29 is 19.4 Å². The van der Waals surface area contributed by atoms with E-state index in [0.29, 0.717) is 19.0 Å². The van der Waals surface area contributed by atoms with Crippen LogP contribution in [-0.2, 0) is 14.9 Å². The molecule has 0 bridgehead atoms. The minimum absolute atomic E-state index is 0.0517. The lowest BCUT2D eigenvalue weighted by Gasteiger charge is -2.41. The van der Waals surface area contributed by atoms with Gasteiger partial charge in [-0.05, 0) is 24.6 Å². The zero-order valence-electron chi connectivity index (χ0n) is 11.0. The lowest BCUT2D eigenvalue weighted by molar-refractivity contribution is -0.125. The third-order valence-corrected chi connectivity index (χ3v) is 3.98. The van der Waals surface area contributed by atoms with Gasteiger partial charge in [0.2, 0.25) is 0 Å². The molecular weight excluding hydrogens is 246 g/mol. The number of aliphatic hydroxyl groups excluding tert-OH is 1. The molecule has 2 aliphatic heterocycles. The molecule has 5 heteroatoms. The summed E-state index contributed by atoms with van der Waals surface area (Å²) in [7, 11) is 1.74. The summed E-state index contributed by atoms with van der Waals surface area (Å²) in [6.07, 6.45) is -0.476. The number of nitrogens with zero attached hydrogens (tertiary/aromatic N) is 1. The molecule has 1 unspecified atom stereocenters. The minimum atomic E-state index is -0.476. The maximum absolute atomic E-state index is 11.8. The van der Waals surface area contributed by atoms with Gasteiger partial charge in [0.1, 0.15) is 5.75 Å². The monoisotopic (exact) mass is 263 g/mol. The van der Waals surface area contributed by atoms with Gasteiger partial charge in [-0.1, -0.05) is 6.07 Å². The van der Waals surface area contributed by atoms with Crippen molar-refractivity contribution >= 4 is 11.6 Å². The third kappa shape index (κ3) is 1.73. The van der Waals surface area contributed by atoms with Crippen LogP contribution in [-0.4, -0.2) is 44.0 Å². The Morgan fingerprint density at radius 1 is 1.47 bits per heavy atom.